The minimum Gasteiger partial charge on any atom is -0.491 e. The summed E-state index contributed by atoms with van der Waals surface area (Å²) >= 11 is 0. The van der Waals surface area contributed by atoms with Crippen molar-refractivity contribution in [1.82, 2.24) is 14.5 Å². The number of hydrogen-bond donors (Lipinski definition) is 3. The Morgan fingerprint density at radius 2 is 1.86 bits per heavy atom. The van der Waals surface area contributed by atoms with Crippen LogP contribution in [0.4, 0.5) is 0 Å². The molecule has 1 atom stereocenters. The van der Waals surface area contributed by atoms with E-state index in [1.165, 1.54) is 6.33 Å². The Morgan fingerprint density at radius 1 is 1.11 bits per heavy atom. The summed E-state index contributed by atoms with van der Waals surface area (Å²) in [6, 6.07) is 16.9. The molecule has 142 valence electrons. The van der Waals surface area contributed by atoms with Crippen molar-refractivity contribution >= 4 is 11.0 Å². The van der Waals surface area contributed by atoms with Crippen molar-refractivity contribution in [1.29, 1.82) is 0 Å². The number of nitrogens with zero attached hydrogens (tertiary/aromatic N) is 2. The lowest BCUT2D eigenvalue weighted by Gasteiger charge is -2.10. The number of hydrogen-bond acceptors (Lipinski definition) is 5. The fraction of sp³-hybridized carbons (Fsp3) is 0.143. The van der Waals surface area contributed by atoms with E-state index >= 15 is 0 Å². The number of para-hydroxylation sites is 1. The van der Waals surface area contributed by atoms with E-state index < -0.39 is 6.10 Å². The zero-order valence-corrected chi connectivity index (χ0v) is 14.9. The molecule has 2 aromatic carbocycles. The first-order chi connectivity index (χ1) is 13.7. The first-order valence-electron chi connectivity index (χ1n) is 8.83. The van der Waals surface area contributed by atoms with Gasteiger partial charge in [-0.1, -0.05) is 30.3 Å². The standard InChI is InChI=1S/C21H19N3O4/c25-11-16(26)12-28-17-8-6-14(7-9-17)18-10-24(15-4-2-1-3-5-15)20-19(18)21(27)23-13-22-20/h1-10,13,16,25-26H,11-12H2,(H,22,23,27). The number of aliphatic hydroxyl groups is 2. The van der Waals surface area contributed by atoms with Gasteiger partial charge in [-0.25, -0.2) is 4.98 Å². The van der Waals surface area contributed by atoms with Gasteiger partial charge in [0.1, 0.15) is 18.5 Å². The summed E-state index contributed by atoms with van der Waals surface area (Å²) in [6.07, 6.45) is 2.37. The van der Waals surface area contributed by atoms with Crippen molar-refractivity contribution in [2.45, 2.75) is 6.10 Å². The molecular weight excluding hydrogens is 358 g/mol. The lowest BCUT2D eigenvalue weighted by Crippen LogP contribution is -2.21. The second kappa shape index (κ2) is 7.67. The quantitative estimate of drug-likeness (QED) is 0.478. The third-order valence-electron chi connectivity index (χ3n) is 4.44. The van der Waals surface area contributed by atoms with Gasteiger partial charge in [0.25, 0.3) is 5.56 Å². The molecule has 7 heteroatoms. The van der Waals surface area contributed by atoms with E-state index in [1.54, 1.807) is 12.1 Å². The van der Waals surface area contributed by atoms with Crippen LogP contribution in [0.5, 0.6) is 5.75 Å². The van der Waals surface area contributed by atoms with E-state index in [2.05, 4.69) is 9.97 Å². The highest BCUT2D eigenvalue weighted by Gasteiger charge is 2.15. The predicted octanol–water partition coefficient (Wildman–Crippen LogP) is 2.11. The van der Waals surface area contributed by atoms with Gasteiger partial charge in [0.05, 0.1) is 18.3 Å². The summed E-state index contributed by atoms with van der Waals surface area (Å²) in [5.41, 5.74) is 2.88. The summed E-state index contributed by atoms with van der Waals surface area (Å²) in [4.78, 5) is 19.5. The van der Waals surface area contributed by atoms with Crippen molar-refractivity contribution in [3.8, 4) is 22.6 Å². The number of rotatable bonds is 6. The smallest absolute Gasteiger partial charge is 0.260 e. The molecule has 28 heavy (non-hydrogen) atoms. The molecule has 2 heterocycles. The Morgan fingerprint density at radius 3 is 2.57 bits per heavy atom. The van der Waals surface area contributed by atoms with Crippen molar-refractivity contribution in [2.24, 2.45) is 0 Å². The molecule has 0 aliphatic carbocycles. The largest absolute Gasteiger partial charge is 0.491 e. The van der Waals surface area contributed by atoms with Crippen molar-refractivity contribution in [2.75, 3.05) is 13.2 Å². The second-order valence-corrected chi connectivity index (χ2v) is 6.35. The van der Waals surface area contributed by atoms with E-state index in [1.807, 2.05) is 53.2 Å². The lowest BCUT2D eigenvalue weighted by atomic mass is 10.1. The molecule has 0 saturated carbocycles. The van der Waals surface area contributed by atoms with Gasteiger partial charge in [-0.3, -0.25) is 4.79 Å². The number of aliphatic hydroxyl groups excluding tert-OH is 2. The van der Waals surface area contributed by atoms with E-state index in [9.17, 15) is 9.90 Å². The van der Waals surface area contributed by atoms with E-state index in [0.29, 0.717) is 16.8 Å². The molecule has 0 amide bonds. The molecule has 7 nitrogen and oxygen atoms in total. The highest BCUT2D eigenvalue weighted by Crippen LogP contribution is 2.30. The molecule has 0 saturated heterocycles. The maximum Gasteiger partial charge on any atom is 0.260 e. The Balaban J connectivity index is 1.76. The number of ether oxygens (including phenoxy) is 1. The van der Waals surface area contributed by atoms with Gasteiger partial charge in [0.15, 0.2) is 5.65 Å². The van der Waals surface area contributed by atoms with Crippen molar-refractivity contribution in [3.05, 3.63) is 77.5 Å². The molecule has 2 aromatic heterocycles. The number of aromatic nitrogens is 3. The molecule has 3 N–H and O–H groups in total. The zero-order valence-electron chi connectivity index (χ0n) is 14.9. The summed E-state index contributed by atoms with van der Waals surface area (Å²) in [6.45, 7) is -0.348. The minimum absolute atomic E-state index is 0.00670. The molecule has 0 aliphatic heterocycles. The molecule has 0 bridgehead atoms. The van der Waals surface area contributed by atoms with Crippen LogP contribution >= 0.6 is 0 Å². The van der Waals surface area contributed by atoms with Gasteiger partial charge in [-0.2, -0.15) is 0 Å². The van der Waals surface area contributed by atoms with E-state index in [-0.39, 0.29) is 18.8 Å². The van der Waals surface area contributed by atoms with Crippen molar-refractivity contribution < 1.29 is 14.9 Å². The number of fused-ring (bicyclic) bond motifs is 1. The van der Waals surface area contributed by atoms with E-state index in [0.717, 1.165) is 16.8 Å². The highest BCUT2D eigenvalue weighted by molar-refractivity contribution is 5.94. The number of benzene rings is 2. The molecule has 0 fully saturated rings. The Kier molecular flexibility index (Phi) is 4.92. The molecule has 4 aromatic rings. The van der Waals surface area contributed by atoms with Gasteiger partial charge in [-0.05, 0) is 29.8 Å². The van der Waals surface area contributed by atoms with Gasteiger partial charge >= 0.3 is 0 Å². The SMILES string of the molecule is O=c1[nH]cnc2c1c(-c1ccc(OCC(O)CO)cc1)cn2-c1ccccc1. The first kappa shape index (κ1) is 18.0. The summed E-state index contributed by atoms with van der Waals surface area (Å²) in [5.74, 6) is 0.565. The number of H-pyrrole nitrogens is 1. The molecule has 0 radical (unpaired) electrons. The predicted molar refractivity (Wildman–Crippen MR) is 106 cm³/mol. The average Bonchev–Trinajstić information content (AvgIpc) is 3.14. The Hall–Kier alpha value is -3.42. The summed E-state index contributed by atoms with van der Waals surface area (Å²) in [7, 11) is 0. The van der Waals surface area contributed by atoms with Crippen LogP contribution < -0.4 is 10.3 Å². The first-order valence-corrected chi connectivity index (χ1v) is 8.83. The van der Waals surface area contributed by atoms with E-state index in [4.69, 9.17) is 9.84 Å². The summed E-state index contributed by atoms with van der Waals surface area (Å²) in [5, 5.41) is 18.8. The van der Waals surface area contributed by atoms with Crippen LogP contribution in [0.1, 0.15) is 0 Å². The molecule has 1 unspecified atom stereocenters. The van der Waals surface area contributed by atoms with Crippen LogP contribution in [0.15, 0.2) is 71.9 Å². The Labute approximate surface area is 160 Å². The molecule has 4 rings (SSSR count). The van der Waals surface area contributed by atoms with Gasteiger partial charge < -0.3 is 24.5 Å². The topological polar surface area (TPSA) is 100 Å². The third kappa shape index (κ3) is 3.40. The minimum atomic E-state index is -0.923. The summed E-state index contributed by atoms with van der Waals surface area (Å²) < 4.78 is 7.33. The van der Waals surface area contributed by atoms with Crippen LogP contribution in [0.2, 0.25) is 0 Å². The second-order valence-electron chi connectivity index (χ2n) is 6.35. The fourth-order valence-electron chi connectivity index (χ4n) is 3.05. The monoisotopic (exact) mass is 377 g/mol. The van der Waals surface area contributed by atoms with Crippen LogP contribution in [-0.2, 0) is 0 Å². The maximum atomic E-state index is 12.5. The number of aromatic amines is 1. The van der Waals surface area contributed by atoms with Crippen LogP contribution in [0.25, 0.3) is 27.8 Å². The average molecular weight is 377 g/mol. The van der Waals surface area contributed by atoms with Crippen LogP contribution in [0, 0.1) is 0 Å². The van der Waals surface area contributed by atoms with Gasteiger partial charge in [-0.15, -0.1) is 0 Å². The molecule has 0 aliphatic rings. The van der Waals surface area contributed by atoms with Crippen LogP contribution in [0.3, 0.4) is 0 Å². The highest BCUT2D eigenvalue weighted by atomic mass is 16.5. The lowest BCUT2D eigenvalue weighted by molar-refractivity contribution is 0.0536. The van der Waals surface area contributed by atoms with Crippen molar-refractivity contribution in [3.63, 3.8) is 0 Å². The zero-order chi connectivity index (χ0) is 19.5. The van der Waals surface area contributed by atoms with Crippen LogP contribution in [-0.4, -0.2) is 44.1 Å². The third-order valence-corrected chi connectivity index (χ3v) is 4.44. The maximum absolute atomic E-state index is 12.5. The van der Waals surface area contributed by atoms with Gasteiger partial charge in [0.2, 0.25) is 0 Å². The molecular formula is C21H19N3O4. The molecule has 0 spiro atoms. The van der Waals surface area contributed by atoms with Gasteiger partial charge in [0, 0.05) is 17.4 Å². The number of nitrogens with one attached hydrogen (secondary N) is 1. The Bertz CT molecular complexity index is 1130. The normalized spacial score (nSPS) is 12.2. The fourth-order valence-corrected chi connectivity index (χ4v) is 3.05.